The van der Waals surface area contributed by atoms with Gasteiger partial charge in [0.15, 0.2) is 0 Å². The quantitative estimate of drug-likeness (QED) is 0.738. The van der Waals surface area contributed by atoms with Crippen LogP contribution in [0.1, 0.15) is 18.4 Å². The highest BCUT2D eigenvalue weighted by Crippen LogP contribution is 2.23. The molecular weight excluding hydrogens is 341 g/mol. The molecule has 0 aliphatic carbocycles. The van der Waals surface area contributed by atoms with E-state index in [0.29, 0.717) is 6.04 Å². The number of hydrogen-bond donors (Lipinski definition) is 2. The molecule has 7 heteroatoms. The fraction of sp³-hybridized carbons (Fsp3) is 0.316. The normalized spacial score (nSPS) is 16.3. The Morgan fingerprint density at radius 3 is 2.54 bits per heavy atom. The van der Waals surface area contributed by atoms with E-state index in [9.17, 15) is 13.2 Å². The predicted molar refractivity (Wildman–Crippen MR) is 94.3 cm³/mol. The van der Waals surface area contributed by atoms with E-state index in [0.717, 1.165) is 54.7 Å². The van der Waals surface area contributed by atoms with Crippen LogP contribution < -0.4 is 5.32 Å². The van der Waals surface area contributed by atoms with Crippen molar-refractivity contribution in [1.29, 1.82) is 0 Å². The zero-order valence-electron chi connectivity index (χ0n) is 14.1. The molecule has 0 radical (unpaired) electrons. The van der Waals surface area contributed by atoms with E-state index in [1.54, 1.807) is 6.20 Å². The van der Waals surface area contributed by atoms with Gasteiger partial charge < -0.3 is 5.32 Å². The average Bonchev–Trinajstić information content (AvgIpc) is 3.07. The van der Waals surface area contributed by atoms with Crippen LogP contribution in [-0.4, -0.2) is 34.2 Å². The summed E-state index contributed by atoms with van der Waals surface area (Å²) in [7, 11) is 0. The molecule has 4 rings (SSSR count). The maximum Gasteiger partial charge on any atom is 0.133 e. The van der Waals surface area contributed by atoms with Gasteiger partial charge in [-0.05, 0) is 31.0 Å². The number of nitrogens with zero attached hydrogens (tertiary/aromatic N) is 2. The minimum absolute atomic E-state index is 0.0665. The lowest BCUT2D eigenvalue weighted by molar-refractivity contribution is 0.206. The molecule has 1 saturated heterocycles. The molecule has 3 aromatic rings. The lowest BCUT2D eigenvalue weighted by atomic mass is 10.0. The summed E-state index contributed by atoms with van der Waals surface area (Å²) < 4.78 is 40.6. The number of nitrogens with one attached hydrogen (secondary N) is 2. The highest BCUT2D eigenvalue weighted by molar-refractivity contribution is 5.81. The van der Waals surface area contributed by atoms with Crippen molar-refractivity contribution in [2.75, 3.05) is 18.4 Å². The van der Waals surface area contributed by atoms with Gasteiger partial charge in [-0.2, -0.15) is 5.10 Å². The summed E-state index contributed by atoms with van der Waals surface area (Å²) in [5.74, 6) is -2.53. The molecule has 0 saturated carbocycles. The molecule has 1 aliphatic rings. The van der Waals surface area contributed by atoms with Crippen LogP contribution in [0.4, 0.5) is 18.9 Å². The van der Waals surface area contributed by atoms with Crippen molar-refractivity contribution in [1.82, 2.24) is 15.1 Å². The fourth-order valence-electron chi connectivity index (χ4n) is 3.45. The van der Waals surface area contributed by atoms with E-state index < -0.39 is 17.5 Å². The molecule has 2 aromatic carbocycles. The van der Waals surface area contributed by atoms with Gasteiger partial charge >= 0.3 is 0 Å². The number of rotatable bonds is 4. The number of fused-ring (bicyclic) bond motifs is 1. The number of anilines is 1. The first-order valence-electron chi connectivity index (χ1n) is 8.64. The van der Waals surface area contributed by atoms with Crippen LogP contribution in [0.3, 0.4) is 0 Å². The summed E-state index contributed by atoms with van der Waals surface area (Å²) in [6, 6.07) is 7.82. The second kappa shape index (κ2) is 6.99. The molecule has 136 valence electrons. The Morgan fingerprint density at radius 1 is 1.08 bits per heavy atom. The Hall–Kier alpha value is -2.54. The van der Waals surface area contributed by atoms with Gasteiger partial charge in [-0.25, -0.2) is 13.2 Å². The number of aromatic nitrogens is 2. The van der Waals surface area contributed by atoms with E-state index in [-0.39, 0.29) is 12.1 Å². The third-order valence-corrected chi connectivity index (χ3v) is 4.89. The van der Waals surface area contributed by atoms with Gasteiger partial charge in [0, 0.05) is 54.4 Å². The van der Waals surface area contributed by atoms with E-state index in [1.807, 2.05) is 17.0 Å². The van der Waals surface area contributed by atoms with Crippen LogP contribution in [0.25, 0.3) is 10.9 Å². The zero-order chi connectivity index (χ0) is 18.1. The van der Waals surface area contributed by atoms with Gasteiger partial charge in [-0.3, -0.25) is 10.00 Å². The maximum atomic E-state index is 13.8. The summed E-state index contributed by atoms with van der Waals surface area (Å²) in [5, 5.41) is 11.5. The molecule has 1 fully saturated rings. The number of hydrogen-bond acceptors (Lipinski definition) is 3. The molecule has 1 aliphatic heterocycles. The molecule has 2 N–H and O–H groups in total. The Morgan fingerprint density at radius 2 is 1.81 bits per heavy atom. The lowest BCUT2D eigenvalue weighted by Gasteiger charge is -2.33. The van der Waals surface area contributed by atoms with Gasteiger partial charge in [-0.15, -0.1) is 0 Å². The summed E-state index contributed by atoms with van der Waals surface area (Å²) >= 11 is 0. The number of piperidine rings is 1. The monoisotopic (exact) mass is 360 g/mol. The van der Waals surface area contributed by atoms with Gasteiger partial charge in [0.1, 0.15) is 17.5 Å². The molecule has 0 amide bonds. The first-order valence-corrected chi connectivity index (χ1v) is 8.64. The SMILES string of the molecule is Fc1cc(F)c(CN2CCC(Nc3ccc4[nH]ncc4c3)CC2)c(F)c1. The molecule has 0 unspecified atom stereocenters. The number of halogens is 3. The molecule has 26 heavy (non-hydrogen) atoms. The summed E-state index contributed by atoms with van der Waals surface area (Å²) in [5.41, 5.74) is 1.96. The standard InChI is InChI=1S/C19H19F3N4/c20-13-8-17(21)16(18(22)9-13)11-26-5-3-14(4-6-26)24-15-1-2-19-12(7-15)10-23-25-19/h1-2,7-10,14,24H,3-6,11H2,(H,23,25). The van der Waals surface area contributed by atoms with Crippen LogP contribution >= 0.6 is 0 Å². The van der Waals surface area contributed by atoms with E-state index in [2.05, 4.69) is 21.6 Å². The van der Waals surface area contributed by atoms with Crippen molar-refractivity contribution in [3.05, 3.63) is 59.5 Å². The third kappa shape index (κ3) is 3.53. The number of H-pyrrole nitrogens is 1. The van der Waals surface area contributed by atoms with E-state index in [1.165, 1.54) is 0 Å². The molecule has 1 aromatic heterocycles. The van der Waals surface area contributed by atoms with Crippen molar-refractivity contribution in [3.63, 3.8) is 0 Å². The second-order valence-electron chi connectivity index (χ2n) is 6.71. The first-order chi connectivity index (χ1) is 12.6. The third-order valence-electron chi connectivity index (χ3n) is 4.89. The number of benzene rings is 2. The molecule has 0 bridgehead atoms. The molecule has 4 nitrogen and oxygen atoms in total. The predicted octanol–water partition coefficient (Wildman–Crippen LogP) is 4.06. The van der Waals surface area contributed by atoms with Gasteiger partial charge in [0.2, 0.25) is 0 Å². The summed E-state index contributed by atoms with van der Waals surface area (Å²) in [6.07, 6.45) is 3.52. The topological polar surface area (TPSA) is 44.0 Å². The summed E-state index contributed by atoms with van der Waals surface area (Å²) in [6.45, 7) is 1.61. The van der Waals surface area contributed by atoms with Gasteiger partial charge in [0.05, 0.1) is 11.7 Å². The molecular formula is C19H19F3N4. The highest BCUT2D eigenvalue weighted by Gasteiger charge is 2.22. The van der Waals surface area contributed by atoms with Crippen LogP contribution in [0.5, 0.6) is 0 Å². The molecule has 2 heterocycles. The van der Waals surface area contributed by atoms with Crippen molar-refractivity contribution >= 4 is 16.6 Å². The van der Waals surface area contributed by atoms with Crippen molar-refractivity contribution < 1.29 is 13.2 Å². The maximum absolute atomic E-state index is 13.8. The smallest absolute Gasteiger partial charge is 0.133 e. The fourth-order valence-corrected chi connectivity index (χ4v) is 3.45. The van der Waals surface area contributed by atoms with Crippen LogP contribution in [0, 0.1) is 17.5 Å². The minimum atomic E-state index is -0.888. The van der Waals surface area contributed by atoms with Crippen molar-refractivity contribution in [2.24, 2.45) is 0 Å². The van der Waals surface area contributed by atoms with Crippen LogP contribution in [0.15, 0.2) is 36.5 Å². The lowest BCUT2D eigenvalue weighted by Crippen LogP contribution is -2.39. The number of likely N-dealkylation sites (tertiary alicyclic amines) is 1. The summed E-state index contributed by atoms with van der Waals surface area (Å²) in [4.78, 5) is 2.00. The largest absolute Gasteiger partial charge is 0.382 e. The van der Waals surface area contributed by atoms with Gasteiger partial charge in [-0.1, -0.05) is 0 Å². The molecule has 0 atom stereocenters. The zero-order valence-corrected chi connectivity index (χ0v) is 14.1. The van der Waals surface area contributed by atoms with Gasteiger partial charge in [0.25, 0.3) is 0 Å². The molecule has 0 spiro atoms. The first kappa shape index (κ1) is 16.9. The van der Waals surface area contributed by atoms with Crippen molar-refractivity contribution in [2.45, 2.75) is 25.4 Å². The Labute approximate surface area is 149 Å². The minimum Gasteiger partial charge on any atom is -0.382 e. The van der Waals surface area contributed by atoms with Crippen molar-refractivity contribution in [3.8, 4) is 0 Å². The second-order valence-corrected chi connectivity index (χ2v) is 6.71. The highest BCUT2D eigenvalue weighted by atomic mass is 19.1. The Kier molecular flexibility index (Phi) is 4.55. The van der Waals surface area contributed by atoms with Crippen LogP contribution in [-0.2, 0) is 6.54 Å². The Bertz CT molecular complexity index is 893. The number of aromatic amines is 1. The Balaban J connectivity index is 1.35. The average molecular weight is 360 g/mol. The van der Waals surface area contributed by atoms with Crippen LogP contribution in [0.2, 0.25) is 0 Å². The van der Waals surface area contributed by atoms with E-state index in [4.69, 9.17) is 0 Å². The van der Waals surface area contributed by atoms with E-state index >= 15 is 0 Å².